The number of hydrogen-bond acceptors (Lipinski definition) is 4. The Bertz CT molecular complexity index is 302. The normalized spacial score (nSPS) is 10.1. The van der Waals surface area contributed by atoms with Gasteiger partial charge in [-0.1, -0.05) is 6.07 Å². The van der Waals surface area contributed by atoms with Crippen LogP contribution < -0.4 is 15.4 Å². The first kappa shape index (κ1) is 11.8. The maximum Gasteiger partial charge on any atom is 0.126 e. The van der Waals surface area contributed by atoms with Crippen molar-refractivity contribution in [2.75, 3.05) is 20.3 Å². The van der Waals surface area contributed by atoms with Gasteiger partial charge in [-0.25, -0.2) is 5.90 Å². The third-order valence-corrected chi connectivity index (χ3v) is 2.06. The standard InChI is InChI=1S/C11H17NO3/c1-3-14-11-8-10(13-2)5-4-9(11)6-7-15-12/h4-5,8H,3,6-7,12H2,1-2H3. The van der Waals surface area contributed by atoms with Crippen LogP contribution in [0.4, 0.5) is 0 Å². The summed E-state index contributed by atoms with van der Waals surface area (Å²) < 4.78 is 10.6. The molecule has 1 rings (SSSR count). The summed E-state index contributed by atoms with van der Waals surface area (Å²) in [4.78, 5) is 4.55. The van der Waals surface area contributed by atoms with E-state index in [0.29, 0.717) is 13.2 Å². The lowest BCUT2D eigenvalue weighted by atomic mass is 10.1. The van der Waals surface area contributed by atoms with Crippen LogP contribution in [-0.4, -0.2) is 20.3 Å². The third kappa shape index (κ3) is 3.42. The van der Waals surface area contributed by atoms with Crippen molar-refractivity contribution in [2.45, 2.75) is 13.3 Å². The van der Waals surface area contributed by atoms with Gasteiger partial charge in [-0.15, -0.1) is 0 Å². The van der Waals surface area contributed by atoms with Crippen molar-refractivity contribution in [1.82, 2.24) is 0 Å². The van der Waals surface area contributed by atoms with Gasteiger partial charge in [0.1, 0.15) is 11.5 Å². The van der Waals surface area contributed by atoms with Crippen LogP contribution in [0.1, 0.15) is 12.5 Å². The van der Waals surface area contributed by atoms with E-state index >= 15 is 0 Å². The zero-order valence-electron chi connectivity index (χ0n) is 9.16. The summed E-state index contributed by atoms with van der Waals surface area (Å²) in [5, 5.41) is 0. The van der Waals surface area contributed by atoms with Crippen molar-refractivity contribution in [3.05, 3.63) is 23.8 Å². The van der Waals surface area contributed by atoms with Gasteiger partial charge in [-0.05, 0) is 18.6 Å². The first-order valence-corrected chi connectivity index (χ1v) is 4.93. The number of ether oxygens (including phenoxy) is 2. The first-order chi connectivity index (χ1) is 7.31. The van der Waals surface area contributed by atoms with E-state index in [1.165, 1.54) is 0 Å². The van der Waals surface area contributed by atoms with Crippen LogP contribution in [0, 0.1) is 0 Å². The quantitative estimate of drug-likeness (QED) is 0.725. The van der Waals surface area contributed by atoms with Gasteiger partial charge in [-0.3, -0.25) is 0 Å². The summed E-state index contributed by atoms with van der Waals surface area (Å²) in [6, 6.07) is 5.73. The monoisotopic (exact) mass is 211 g/mol. The van der Waals surface area contributed by atoms with Crippen molar-refractivity contribution >= 4 is 0 Å². The molecule has 4 heteroatoms. The second-order valence-corrected chi connectivity index (χ2v) is 3.03. The largest absolute Gasteiger partial charge is 0.497 e. The molecule has 0 unspecified atom stereocenters. The minimum Gasteiger partial charge on any atom is -0.497 e. The molecule has 0 fully saturated rings. The van der Waals surface area contributed by atoms with Gasteiger partial charge in [-0.2, -0.15) is 0 Å². The molecule has 0 amide bonds. The average molecular weight is 211 g/mol. The summed E-state index contributed by atoms with van der Waals surface area (Å²) in [6.45, 7) is 3.05. The Morgan fingerprint density at radius 3 is 2.73 bits per heavy atom. The van der Waals surface area contributed by atoms with Crippen molar-refractivity contribution < 1.29 is 14.3 Å². The molecule has 0 aliphatic rings. The number of nitrogens with two attached hydrogens (primary N) is 1. The van der Waals surface area contributed by atoms with Crippen LogP contribution in [0.3, 0.4) is 0 Å². The molecule has 0 saturated carbocycles. The fourth-order valence-electron chi connectivity index (χ4n) is 1.33. The van der Waals surface area contributed by atoms with Crippen LogP contribution in [0.5, 0.6) is 11.5 Å². The number of methoxy groups -OCH3 is 1. The Hall–Kier alpha value is -1.26. The number of hydrogen-bond donors (Lipinski definition) is 1. The molecule has 0 heterocycles. The van der Waals surface area contributed by atoms with E-state index < -0.39 is 0 Å². The van der Waals surface area contributed by atoms with Crippen molar-refractivity contribution in [2.24, 2.45) is 5.90 Å². The van der Waals surface area contributed by atoms with Crippen molar-refractivity contribution in [1.29, 1.82) is 0 Å². The summed E-state index contributed by atoms with van der Waals surface area (Å²) in [5.74, 6) is 6.61. The van der Waals surface area contributed by atoms with Gasteiger partial charge in [0.2, 0.25) is 0 Å². The highest BCUT2D eigenvalue weighted by Crippen LogP contribution is 2.25. The molecular formula is C11H17NO3. The molecule has 0 spiro atoms. The molecule has 0 aliphatic carbocycles. The Morgan fingerprint density at radius 2 is 2.13 bits per heavy atom. The second-order valence-electron chi connectivity index (χ2n) is 3.03. The molecule has 84 valence electrons. The first-order valence-electron chi connectivity index (χ1n) is 4.93. The van der Waals surface area contributed by atoms with E-state index in [1.807, 2.05) is 25.1 Å². The molecular weight excluding hydrogens is 194 g/mol. The molecule has 0 aliphatic heterocycles. The highest BCUT2D eigenvalue weighted by Gasteiger charge is 2.05. The van der Waals surface area contributed by atoms with Crippen LogP contribution in [0.15, 0.2) is 18.2 Å². The predicted molar refractivity (Wildman–Crippen MR) is 58.0 cm³/mol. The van der Waals surface area contributed by atoms with Crippen LogP contribution in [-0.2, 0) is 11.3 Å². The van der Waals surface area contributed by atoms with E-state index in [9.17, 15) is 0 Å². The smallest absolute Gasteiger partial charge is 0.126 e. The second kappa shape index (κ2) is 6.27. The zero-order chi connectivity index (χ0) is 11.1. The molecule has 0 radical (unpaired) electrons. The Balaban J connectivity index is 2.82. The summed E-state index contributed by atoms with van der Waals surface area (Å²) in [6.07, 6.45) is 0.732. The van der Waals surface area contributed by atoms with E-state index in [1.54, 1.807) is 7.11 Å². The van der Waals surface area contributed by atoms with Gasteiger partial charge >= 0.3 is 0 Å². The zero-order valence-corrected chi connectivity index (χ0v) is 9.16. The fraction of sp³-hybridized carbons (Fsp3) is 0.455. The molecule has 1 aromatic rings. The molecule has 0 aromatic heterocycles. The Kier molecular flexibility index (Phi) is 4.93. The maximum absolute atomic E-state index is 5.50. The number of benzene rings is 1. The molecule has 0 atom stereocenters. The van der Waals surface area contributed by atoms with Gasteiger partial charge in [0.15, 0.2) is 0 Å². The van der Waals surface area contributed by atoms with Crippen molar-refractivity contribution in [3.8, 4) is 11.5 Å². The highest BCUT2D eigenvalue weighted by atomic mass is 16.6. The molecule has 2 N–H and O–H groups in total. The highest BCUT2D eigenvalue weighted by molar-refractivity contribution is 5.40. The molecule has 1 aromatic carbocycles. The third-order valence-electron chi connectivity index (χ3n) is 2.06. The fourth-order valence-corrected chi connectivity index (χ4v) is 1.33. The lowest BCUT2D eigenvalue weighted by molar-refractivity contribution is 0.140. The molecule has 0 bridgehead atoms. The van der Waals surface area contributed by atoms with Gasteiger partial charge in [0, 0.05) is 12.5 Å². The van der Waals surface area contributed by atoms with E-state index in [4.69, 9.17) is 15.4 Å². The average Bonchev–Trinajstić information content (AvgIpc) is 2.27. The van der Waals surface area contributed by atoms with Crippen molar-refractivity contribution in [3.63, 3.8) is 0 Å². The summed E-state index contributed by atoms with van der Waals surface area (Å²) in [5.41, 5.74) is 1.07. The van der Waals surface area contributed by atoms with Gasteiger partial charge < -0.3 is 14.3 Å². The number of rotatable bonds is 6. The van der Waals surface area contributed by atoms with Gasteiger partial charge in [0.05, 0.1) is 20.3 Å². The summed E-state index contributed by atoms with van der Waals surface area (Å²) >= 11 is 0. The molecule has 0 saturated heterocycles. The van der Waals surface area contributed by atoms with E-state index in [-0.39, 0.29) is 0 Å². The predicted octanol–water partition coefficient (Wildman–Crippen LogP) is 1.53. The lowest BCUT2D eigenvalue weighted by Gasteiger charge is -2.11. The van der Waals surface area contributed by atoms with Crippen LogP contribution in [0.25, 0.3) is 0 Å². The topological polar surface area (TPSA) is 53.7 Å². The Morgan fingerprint density at radius 1 is 1.33 bits per heavy atom. The van der Waals surface area contributed by atoms with E-state index in [2.05, 4.69) is 4.84 Å². The summed E-state index contributed by atoms with van der Waals surface area (Å²) in [7, 11) is 1.63. The van der Waals surface area contributed by atoms with Crippen LogP contribution >= 0.6 is 0 Å². The van der Waals surface area contributed by atoms with Crippen LogP contribution in [0.2, 0.25) is 0 Å². The van der Waals surface area contributed by atoms with E-state index in [0.717, 1.165) is 23.5 Å². The lowest BCUT2D eigenvalue weighted by Crippen LogP contribution is -2.05. The maximum atomic E-state index is 5.50. The minimum absolute atomic E-state index is 0.479. The molecule has 4 nitrogen and oxygen atoms in total. The Labute approximate surface area is 89.9 Å². The SMILES string of the molecule is CCOc1cc(OC)ccc1CCON. The minimum atomic E-state index is 0.479. The molecule has 15 heavy (non-hydrogen) atoms. The van der Waals surface area contributed by atoms with Gasteiger partial charge in [0.25, 0.3) is 0 Å².